The topological polar surface area (TPSA) is 29.0 Å². The van der Waals surface area contributed by atoms with E-state index in [9.17, 15) is 0 Å². The molecule has 0 radical (unpaired) electrons. The fourth-order valence-electron chi connectivity index (χ4n) is 8.56. The van der Waals surface area contributed by atoms with Crippen molar-refractivity contribution in [2.75, 3.05) is 4.90 Å². The molecule has 0 aliphatic heterocycles. The van der Waals surface area contributed by atoms with Crippen LogP contribution >= 0.6 is 0 Å². The molecule has 0 saturated heterocycles. The first-order valence-corrected chi connectivity index (χ1v) is 19.0. The van der Waals surface area contributed by atoms with Crippen molar-refractivity contribution in [3.8, 4) is 44.5 Å². The van der Waals surface area contributed by atoms with E-state index in [1.165, 1.54) is 55.6 Å². The molecular weight excluding hydrogens is 679 g/mol. The van der Waals surface area contributed by atoms with Crippen molar-refractivity contribution in [2.45, 2.75) is 5.41 Å². The molecule has 2 aromatic heterocycles. The van der Waals surface area contributed by atoms with Gasteiger partial charge >= 0.3 is 0 Å². The van der Waals surface area contributed by atoms with Crippen molar-refractivity contribution in [3.63, 3.8) is 0 Å². The Morgan fingerprint density at radius 1 is 0.321 bits per heavy atom. The molecule has 7 aromatic carbocycles. The molecule has 0 fully saturated rings. The average molecular weight is 716 g/mol. The van der Waals surface area contributed by atoms with Gasteiger partial charge in [-0.1, -0.05) is 146 Å². The molecule has 2 heterocycles. The van der Waals surface area contributed by atoms with E-state index in [1.54, 1.807) is 0 Å². The molecule has 0 amide bonds. The molecule has 0 saturated carbocycles. The van der Waals surface area contributed by atoms with Crippen LogP contribution in [0.5, 0.6) is 0 Å². The van der Waals surface area contributed by atoms with E-state index in [2.05, 4.69) is 203 Å². The zero-order chi connectivity index (χ0) is 37.3. The Labute approximate surface area is 327 Å². The monoisotopic (exact) mass is 715 g/mol. The van der Waals surface area contributed by atoms with Gasteiger partial charge < -0.3 is 4.90 Å². The van der Waals surface area contributed by atoms with Crippen LogP contribution in [0.2, 0.25) is 0 Å². The zero-order valence-electron chi connectivity index (χ0n) is 30.7. The molecule has 0 spiro atoms. The minimum Gasteiger partial charge on any atom is -0.310 e. The van der Waals surface area contributed by atoms with Gasteiger partial charge in [-0.25, -0.2) is 0 Å². The van der Waals surface area contributed by atoms with E-state index < -0.39 is 5.41 Å². The van der Waals surface area contributed by atoms with Gasteiger partial charge in [-0.2, -0.15) is 0 Å². The lowest BCUT2D eigenvalue weighted by molar-refractivity contribution is 0.757. The summed E-state index contributed by atoms with van der Waals surface area (Å²) in [5.41, 5.74) is 16.8. The first kappa shape index (κ1) is 33.2. The van der Waals surface area contributed by atoms with Gasteiger partial charge in [-0.15, -0.1) is 0 Å². The number of fused-ring (bicyclic) bond motifs is 3. The summed E-state index contributed by atoms with van der Waals surface area (Å²) in [7, 11) is 0. The van der Waals surface area contributed by atoms with Gasteiger partial charge in [0, 0.05) is 41.8 Å². The number of hydrogen-bond acceptors (Lipinski definition) is 3. The molecular formula is C53H37N3. The lowest BCUT2D eigenvalue weighted by Gasteiger charge is -2.34. The standard InChI is InChI=1S/C53H37N3/c1-3-12-38(13-4-1)40-22-26-46(27-23-40)56(47-28-24-41(25-29-47)43-17-9-16-42(34-43)39-14-5-2-6-15-39)48-30-31-50-49-20-7-8-21-51(49)53(52(50)35-48,44-18-10-32-54-36-44)45-19-11-33-55-37-45/h1-37H. The maximum absolute atomic E-state index is 4.66. The van der Waals surface area contributed by atoms with Gasteiger partial charge in [0.1, 0.15) is 0 Å². The molecule has 3 heteroatoms. The molecule has 56 heavy (non-hydrogen) atoms. The van der Waals surface area contributed by atoms with Crippen LogP contribution in [0.4, 0.5) is 17.1 Å². The normalized spacial score (nSPS) is 12.4. The fourth-order valence-corrected chi connectivity index (χ4v) is 8.56. The van der Waals surface area contributed by atoms with Crippen LogP contribution in [0, 0.1) is 0 Å². The van der Waals surface area contributed by atoms with Crippen molar-refractivity contribution in [2.24, 2.45) is 0 Å². The summed E-state index contributed by atoms with van der Waals surface area (Å²) in [5, 5.41) is 0. The molecule has 9 aromatic rings. The summed E-state index contributed by atoms with van der Waals surface area (Å²) in [6, 6.07) is 72.0. The van der Waals surface area contributed by atoms with Crippen LogP contribution < -0.4 is 4.90 Å². The second-order valence-electron chi connectivity index (χ2n) is 14.3. The number of benzene rings is 7. The van der Waals surface area contributed by atoms with Gasteiger partial charge in [-0.05, 0) is 121 Å². The number of pyridine rings is 2. The minimum atomic E-state index is -0.610. The van der Waals surface area contributed by atoms with Gasteiger partial charge in [0.15, 0.2) is 0 Å². The van der Waals surface area contributed by atoms with Gasteiger partial charge in [0.2, 0.25) is 0 Å². The van der Waals surface area contributed by atoms with Crippen LogP contribution in [-0.4, -0.2) is 9.97 Å². The Morgan fingerprint density at radius 3 is 1.36 bits per heavy atom. The quantitative estimate of drug-likeness (QED) is 0.157. The minimum absolute atomic E-state index is 0.610. The van der Waals surface area contributed by atoms with E-state index in [4.69, 9.17) is 0 Å². The van der Waals surface area contributed by atoms with E-state index >= 15 is 0 Å². The number of aromatic nitrogens is 2. The van der Waals surface area contributed by atoms with E-state index in [-0.39, 0.29) is 0 Å². The SMILES string of the molecule is c1ccc(-c2ccc(N(c3ccc(-c4cccc(-c5ccccc5)c4)cc3)c3ccc4c(c3)C(c3cccnc3)(c3cccnc3)c3ccccc3-4)cc2)cc1. The van der Waals surface area contributed by atoms with E-state index in [0.717, 1.165) is 28.2 Å². The maximum Gasteiger partial charge on any atom is 0.0744 e. The first-order chi connectivity index (χ1) is 27.8. The highest BCUT2D eigenvalue weighted by molar-refractivity contribution is 5.90. The van der Waals surface area contributed by atoms with Crippen LogP contribution in [0.3, 0.4) is 0 Å². The third-order valence-electron chi connectivity index (χ3n) is 11.1. The third kappa shape index (κ3) is 5.69. The van der Waals surface area contributed by atoms with Crippen LogP contribution in [0.25, 0.3) is 44.5 Å². The molecule has 0 atom stereocenters. The summed E-state index contributed by atoms with van der Waals surface area (Å²) in [5.74, 6) is 0. The number of anilines is 3. The highest BCUT2D eigenvalue weighted by Crippen LogP contribution is 2.57. The smallest absolute Gasteiger partial charge is 0.0744 e. The Kier molecular flexibility index (Phi) is 8.38. The molecule has 264 valence electrons. The van der Waals surface area contributed by atoms with Crippen LogP contribution in [0.1, 0.15) is 22.3 Å². The maximum atomic E-state index is 4.66. The lowest BCUT2D eigenvalue weighted by atomic mass is 9.68. The number of rotatable bonds is 8. The second kappa shape index (κ2) is 14.1. The predicted molar refractivity (Wildman–Crippen MR) is 230 cm³/mol. The Hall–Kier alpha value is -7.36. The van der Waals surface area contributed by atoms with Crippen molar-refractivity contribution in [1.29, 1.82) is 0 Å². The summed E-state index contributed by atoms with van der Waals surface area (Å²) >= 11 is 0. The summed E-state index contributed by atoms with van der Waals surface area (Å²) < 4.78 is 0. The predicted octanol–water partition coefficient (Wildman–Crippen LogP) is 13.3. The second-order valence-corrected chi connectivity index (χ2v) is 14.3. The Morgan fingerprint density at radius 2 is 0.786 bits per heavy atom. The number of nitrogens with zero attached hydrogens (tertiary/aromatic N) is 3. The van der Waals surface area contributed by atoms with Gasteiger partial charge in [-0.3, -0.25) is 9.97 Å². The zero-order valence-corrected chi connectivity index (χ0v) is 30.7. The molecule has 1 aliphatic carbocycles. The highest BCUT2D eigenvalue weighted by Gasteiger charge is 2.46. The fraction of sp³-hybridized carbons (Fsp3) is 0.0189. The molecule has 0 N–H and O–H groups in total. The molecule has 0 unspecified atom stereocenters. The summed E-state index contributed by atoms with van der Waals surface area (Å²) in [6.07, 6.45) is 7.72. The summed E-state index contributed by atoms with van der Waals surface area (Å²) in [4.78, 5) is 11.7. The van der Waals surface area contributed by atoms with Crippen LogP contribution in [-0.2, 0) is 5.41 Å². The first-order valence-electron chi connectivity index (χ1n) is 19.0. The third-order valence-corrected chi connectivity index (χ3v) is 11.1. The molecule has 3 nitrogen and oxygen atoms in total. The van der Waals surface area contributed by atoms with E-state index in [0.29, 0.717) is 0 Å². The Balaban J connectivity index is 1.14. The van der Waals surface area contributed by atoms with Crippen molar-refractivity contribution < 1.29 is 0 Å². The number of hydrogen-bond donors (Lipinski definition) is 0. The average Bonchev–Trinajstić information content (AvgIpc) is 3.59. The lowest BCUT2D eigenvalue weighted by Crippen LogP contribution is -2.29. The largest absolute Gasteiger partial charge is 0.310 e. The van der Waals surface area contributed by atoms with Crippen molar-refractivity contribution in [3.05, 3.63) is 247 Å². The summed E-state index contributed by atoms with van der Waals surface area (Å²) in [6.45, 7) is 0. The highest BCUT2D eigenvalue weighted by atomic mass is 15.1. The Bertz CT molecular complexity index is 2720. The van der Waals surface area contributed by atoms with E-state index in [1.807, 2.05) is 36.9 Å². The molecule has 10 rings (SSSR count). The van der Waals surface area contributed by atoms with Gasteiger partial charge in [0.05, 0.1) is 5.41 Å². The van der Waals surface area contributed by atoms with Crippen molar-refractivity contribution in [1.82, 2.24) is 9.97 Å². The van der Waals surface area contributed by atoms with Crippen LogP contribution in [0.15, 0.2) is 225 Å². The molecule has 1 aliphatic rings. The van der Waals surface area contributed by atoms with Crippen molar-refractivity contribution >= 4 is 17.1 Å². The van der Waals surface area contributed by atoms with Gasteiger partial charge in [0.25, 0.3) is 0 Å². The molecule has 0 bridgehead atoms.